The van der Waals surface area contributed by atoms with Crippen LogP contribution in [0.2, 0.25) is 0 Å². The molecule has 0 spiro atoms. The van der Waals surface area contributed by atoms with Crippen molar-refractivity contribution in [2.45, 2.75) is 49.8 Å². The molecule has 4 atom stereocenters. The number of hydrogen-bond acceptors (Lipinski definition) is 7. The molecule has 2 unspecified atom stereocenters. The first-order valence-corrected chi connectivity index (χ1v) is 10.4. The maximum atomic E-state index is 12.7. The number of ether oxygens (including phenoxy) is 1. The number of pyridine rings is 1. The highest BCUT2D eigenvalue weighted by molar-refractivity contribution is 6.34. The van der Waals surface area contributed by atoms with Crippen LogP contribution >= 0.6 is 0 Å². The van der Waals surface area contributed by atoms with Crippen molar-refractivity contribution < 1.29 is 24.2 Å². The van der Waals surface area contributed by atoms with Gasteiger partial charge in [-0.3, -0.25) is 14.6 Å². The van der Waals surface area contributed by atoms with Crippen LogP contribution in [0.3, 0.4) is 0 Å². The highest BCUT2D eigenvalue weighted by Gasteiger charge is 2.54. The molecule has 1 aliphatic carbocycles. The zero-order valence-electron chi connectivity index (χ0n) is 17.0. The molecule has 4 N–H and O–H groups in total. The lowest BCUT2D eigenvalue weighted by Crippen LogP contribution is -2.59. The molecule has 1 saturated carbocycles. The molecule has 0 bridgehead atoms. The number of nitrogens with one attached hydrogen (secondary N) is 1. The molecular formula is C23H25N3O5. The van der Waals surface area contributed by atoms with Gasteiger partial charge in [0.05, 0.1) is 5.69 Å². The van der Waals surface area contributed by atoms with Crippen LogP contribution in [0.1, 0.15) is 42.9 Å². The SMILES string of the molecule is NC(CC(=O)C(=O)OCc1ccccn1)(C(=O)O)C1c2ccccc2N[C@@H]2CCC[C@H]12. The first kappa shape index (κ1) is 21.0. The number of Topliss-reactive ketones (excluding diaryl/α,β-unsaturated/α-hetero) is 1. The van der Waals surface area contributed by atoms with E-state index in [4.69, 9.17) is 10.5 Å². The number of ketones is 1. The van der Waals surface area contributed by atoms with Gasteiger partial charge in [-0.05, 0) is 42.5 Å². The Bertz CT molecular complexity index is 996. The van der Waals surface area contributed by atoms with Gasteiger partial charge < -0.3 is 20.9 Å². The Kier molecular flexibility index (Phi) is 5.73. The smallest absolute Gasteiger partial charge is 0.375 e. The number of aromatic nitrogens is 1. The maximum Gasteiger partial charge on any atom is 0.375 e. The average Bonchev–Trinajstić information content (AvgIpc) is 3.24. The third kappa shape index (κ3) is 4.03. The van der Waals surface area contributed by atoms with E-state index in [-0.39, 0.29) is 18.6 Å². The van der Waals surface area contributed by atoms with E-state index >= 15 is 0 Å². The van der Waals surface area contributed by atoms with Gasteiger partial charge in [-0.25, -0.2) is 4.79 Å². The number of carboxylic acids is 1. The van der Waals surface area contributed by atoms with Crippen molar-refractivity contribution >= 4 is 23.4 Å². The Morgan fingerprint density at radius 1 is 1.16 bits per heavy atom. The standard InChI is InChI=1S/C23H25N3O5/c24-23(22(29)30,12-19(27)21(28)31-13-14-6-3-4-11-25-14)20-15-7-1-2-9-17(15)26-18-10-5-8-16(18)20/h1-4,6-7,9,11,16,18,20,26H,5,8,10,12-13,24H2,(H,29,30)/t16-,18+,20?,23?/m0/s1. The number of hydrogen-bond donors (Lipinski definition) is 3. The third-order valence-corrected chi connectivity index (χ3v) is 6.35. The molecule has 1 aromatic heterocycles. The fourth-order valence-electron chi connectivity index (χ4n) is 4.92. The summed E-state index contributed by atoms with van der Waals surface area (Å²) in [5, 5.41) is 13.6. The molecule has 2 aliphatic rings. The van der Waals surface area contributed by atoms with Crippen molar-refractivity contribution in [1.29, 1.82) is 0 Å². The molecule has 1 fully saturated rings. The van der Waals surface area contributed by atoms with Gasteiger partial charge in [-0.15, -0.1) is 0 Å². The van der Waals surface area contributed by atoms with E-state index < -0.39 is 35.6 Å². The minimum absolute atomic E-state index is 0.0339. The van der Waals surface area contributed by atoms with Crippen LogP contribution < -0.4 is 11.1 Å². The Labute approximate surface area is 179 Å². The summed E-state index contributed by atoms with van der Waals surface area (Å²) in [6, 6.07) is 12.6. The van der Waals surface area contributed by atoms with Gasteiger partial charge in [0.25, 0.3) is 0 Å². The molecule has 162 valence electrons. The normalized spacial score (nSPS) is 23.6. The number of para-hydroxylation sites is 1. The summed E-state index contributed by atoms with van der Waals surface area (Å²) >= 11 is 0. The number of aliphatic carboxylic acids is 1. The number of nitrogens with zero attached hydrogens (tertiary/aromatic N) is 1. The van der Waals surface area contributed by atoms with E-state index in [0.29, 0.717) is 5.69 Å². The monoisotopic (exact) mass is 423 g/mol. The largest absolute Gasteiger partial charge is 0.480 e. The summed E-state index contributed by atoms with van der Waals surface area (Å²) in [4.78, 5) is 41.4. The summed E-state index contributed by atoms with van der Waals surface area (Å²) in [5.74, 6) is -3.99. The number of fused-ring (bicyclic) bond motifs is 2. The van der Waals surface area contributed by atoms with Gasteiger partial charge in [0.2, 0.25) is 5.78 Å². The lowest BCUT2D eigenvalue weighted by molar-refractivity contribution is -0.157. The summed E-state index contributed by atoms with van der Waals surface area (Å²) in [6.45, 7) is -0.170. The number of rotatable bonds is 7. The topological polar surface area (TPSA) is 132 Å². The van der Waals surface area contributed by atoms with E-state index in [9.17, 15) is 19.5 Å². The van der Waals surface area contributed by atoms with Crippen LogP contribution in [0.4, 0.5) is 5.69 Å². The van der Waals surface area contributed by atoms with Crippen molar-refractivity contribution in [1.82, 2.24) is 4.98 Å². The van der Waals surface area contributed by atoms with E-state index in [1.54, 1.807) is 24.4 Å². The Morgan fingerprint density at radius 2 is 1.94 bits per heavy atom. The molecular weight excluding hydrogens is 398 g/mol. The highest BCUT2D eigenvalue weighted by atomic mass is 16.5. The number of carboxylic acid groups (broad SMARTS) is 1. The van der Waals surface area contributed by atoms with E-state index in [0.717, 1.165) is 30.5 Å². The number of carbonyl (C=O) groups excluding carboxylic acids is 2. The highest BCUT2D eigenvalue weighted by Crippen LogP contribution is 2.50. The molecule has 1 aromatic carbocycles. The molecule has 1 aliphatic heterocycles. The fourth-order valence-corrected chi connectivity index (χ4v) is 4.92. The summed E-state index contributed by atoms with van der Waals surface area (Å²) in [7, 11) is 0. The zero-order valence-corrected chi connectivity index (χ0v) is 17.0. The Hall–Kier alpha value is -3.26. The van der Waals surface area contributed by atoms with Crippen LogP contribution in [0.25, 0.3) is 0 Å². The fraction of sp³-hybridized carbons (Fsp3) is 0.391. The molecule has 4 rings (SSSR count). The molecule has 0 radical (unpaired) electrons. The summed E-state index contributed by atoms with van der Waals surface area (Å²) in [6.07, 6.45) is 3.58. The van der Waals surface area contributed by atoms with Crippen molar-refractivity contribution in [3.63, 3.8) is 0 Å². The Morgan fingerprint density at radius 3 is 2.68 bits per heavy atom. The molecule has 0 saturated heterocycles. The number of anilines is 1. The zero-order chi connectivity index (χ0) is 22.0. The van der Waals surface area contributed by atoms with Crippen LogP contribution in [-0.4, -0.2) is 39.4 Å². The van der Waals surface area contributed by atoms with Gasteiger partial charge in [0.1, 0.15) is 12.1 Å². The predicted octanol–water partition coefficient (Wildman–Crippen LogP) is 2.24. The van der Waals surface area contributed by atoms with Crippen LogP contribution in [0.15, 0.2) is 48.7 Å². The molecule has 0 amide bonds. The molecule has 8 nitrogen and oxygen atoms in total. The van der Waals surface area contributed by atoms with Crippen molar-refractivity contribution in [3.8, 4) is 0 Å². The molecule has 31 heavy (non-hydrogen) atoms. The molecule has 8 heteroatoms. The quantitative estimate of drug-likeness (QED) is 0.456. The van der Waals surface area contributed by atoms with Crippen LogP contribution in [-0.2, 0) is 25.7 Å². The van der Waals surface area contributed by atoms with E-state index in [1.165, 1.54) is 0 Å². The number of benzene rings is 1. The van der Waals surface area contributed by atoms with Crippen molar-refractivity contribution in [2.75, 3.05) is 5.32 Å². The number of nitrogens with two attached hydrogens (primary N) is 1. The summed E-state index contributed by atoms with van der Waals surface area (Å²) < 4.78 is 5.05. The predicted molar refractivity (Wildman–Crippen MR) is 112 cm³/mol. The van der Waals surface area contributed by atoms with Gasteiger partial charge in [0, 0.05) is 30.3 Å². The second-order valence-electron chi connectivity index (χ2n) is 8.25. The first-order valence-electron chi connectivity index (χ1n) is 10.4. The average molecular weight is 423 g/mol. The maximum absolute atomic E-state index is 12.7. The first-order chi connectivity index (χ1) is 14.9. The molecule has 2 aromatic rings. The van der Waals surface area contributed by atoms with E-state index in [1.807, 2.05) is 24.3 Å². The second kappa shape index (κ2) is 8.47. The Balaban J connectivity index is 1.57. The van der Waals surface area contributed by atoms with Crippen LogP contribution in [0, 0.1) is 5.92 Å². The van der Waals surface area contributed by atoms with Crippen molar-refractivity contribution in [3.05, 3.63) is 59.9 Å². The van der Waals surface area contributed by atoms with E-state index in [2.05, 4.69) is 10.3 Å². The molecule has 2 heterocycles. The number of carbonyl (C=O) groups is 3. The van der Waals surface area contributed by atoms with Gasteiger partial charge in [-0.2, -0.15) is 0 Å². The van der Waals surface area contributed by atoms with Gasteiger partial charge >= 0.3 is 11.9 Å². The minimum Gasteiger partial charge on any atom is -0.480 e. The van der Waals surface area contributed by atoms with Gasteiger partial charge in [-0.1, -0.05) is 30.7 Å². The lowest BCUT2D eigenvalue weighted by atomic mass is 9.66. The number of esters is 1. The van der Waals surface area contributed by atoms with Crippen molar-refractivity contribution in [2.24, 2.45) is 11.7 Å². The second-order valence-corrected chi connectivity index (χ2v) is 8.25. The minimum atomic E-state index is -1.92. The summed E-state index contributed by atoms with van der Waals surface area (Å²) in [5.41, 5.74) is 6.63. The lowest BCUT2D eigenvalue weighted by Gasteiger charge is -2.44. The van der Waals surface area contributed by atoms with Gasteiger partial charge in [0.15, 0.2) is 0 Å². The van der Waals surface area contributed by atoms with Crippen LogP contribution in [0.5, 0.6) is 0 Å². The third-order valence-electron chi connectivity index (χ3n) is 6.35.